The Bertz CT molecular complexity index is 1760. The van der Waals surface area contributed by atoms with Crippen molar-refractivity contribution in [2.75, 3.05) is 46.5 Å². The number of urea groups is 1. The number of carbonyl (C=O) groups is 3. The molecule has 4 amide bonds. The molecule has 13 nitrogen and oxygen atoms in total. The highest BCUT2D eigenvalue weighted by Gasteiger charge is 2.35. The molecule has 2 aromatic carbocycles. The Morgan fingerprint density at radius 3 is 2.77 bits per heavy atom. The van der Waals surface area contributed by atoms with Crippen molar-refractivity contribution in [3.63, 3.8) is 0 Å². The van der Waals surface area contributed by atoms with E-state index >= 15 is 4.39 Å². The fourth-order valence-corrected chi connectivity index (χ4v) is 5.49. The average molecular weight is 647 g/mol. The summed E-state index contributed by atoms with van der Waals surface area (Å²) >= 11 is 0. The molecule has 2 atom stereocenters. The van der Waals surface area contributed by atoms with Gasteiger partial charge in [-0.15, -0.1) is 0 Å². The van der Waals surface area contributed by atoms with Crippen molar-refractivity contribution >= 4 is 23.5 Å². The highest BCUT2D eigenvalue weighted by molar-refractivity contribution is 5.95. The Hall–Kier alpha value is -5.21. The zero-order valence-corrected chi connectivity index (χ0v) is 25.7. The molecule has 0 unspecified atom stereocenters. The van der Waals surface area contributed by atoms with Gasteiger partial charge in [-0.3, -0.25) is 14.0 Å². The number of hydrogen-bond acceptors (Lipinski definition) is 8. The predicted octanol–water partition coefficient (Wildman–Crippen LogP) is 3.13. The van der Waals surface area contributed by atoms with Gasteiger partial charge in [0.1, 0.15) is 29.5 Å². The summed E-state index contributed by atoms with van der Waals surface area (Å²) in [5.41, 5.74) is 1.15. The van der Waals surface area contributed by atoms with Gasteiger partial charge in [0.25, 0.3) is 11.8 Å². The van der Waals surface area contributed by atoms with Crippen molar-refractivity contribution in [1.29, 1.82) is 0 Å². The third kappa shape index (κ3) is 7.61. The fraction of sp³-hybridized carbons (Fsp3) is 0.333. The van der Waals surface area contributed by atoms with E-state index in [9.17, 15) is 14.4 Å². The molecule has 2 aromatic heterocycles. The number of piperidine rings is 1. The van der Waals surface area contributed by atoms with Crippen molar-refractivity contribution in [2.45, 2.75) is 25.2 Å². The van der Waals surface area contributed by atoms with E-state index in [-0.39, 0.29) is 51.0 Å². The first kappa shape index (κ1) is 31.8. The lowest BCUT2D eigenvalue weighted by molar-refractivity contribution is -0.0237. The molecule has 3 N–H and O–H groups in total. The smallest absolute Gasteiger partial charge is 0.315 e. The van der Waals surface area contributed by atoms with Crippen LogP contribution in [0.2, 0.25) is 0 Å². The van der Waals surface area contributed by atoms with Gasteiger partial charge in [0.05, 0.1) is 25.4 Å². The zero-order valence-electron chi connectivity index (χ0n) is 25.7. The van der Waals surface area contributed by atoms with E-state index in [1.807, 2.05) is 12.1 Å². The van der Waals surface area contributed by atoms with Crippen molar-refractivity contribution in [3.8, 4) is 17.2 Å². The first-order valence-electron chi connectivity index (χ1n) is 15.3. The van der Waals surface area contributed by atoms with E-state index in [1.54, 1.807) is 55.6 Å². The predicted molar refractivity (Wildman–Crippen MR) is 167 cm³/mol. The number of aromatic nitrogens is 2. The molecule has 0 saturated carbocycles. The molecular formula is C33H35FN6O7. The molecule has 2 aliphatic rings. The lowest BCUT2D eigenvalue weighted by Gasteiger charge is -2.38. The molecule has 1 fully saturated rings. The summed E-state index contributed by atoms with van der Waals surface area (Å²) in [6.45, 7) is 1.47. The second kappa shape index (κ2) is 14.5. The number of imidazole rings is 1. The number of carbonyl (C=O) groups excluding carboxylic acids is 3. The molecule has 4 heterocycles. The summed E-state index contributed by atoms with van der Waals surface area (Å²) in [5.74, 6) is -0.333. The first-order valence-corrected chi connectivity index (χ1v) is 15.3. The third-order valence-electron chi connectivity index (χ3n) is 7.83. The van der Waals surface area contributed by atoms with Crippen LogP contribution in [0.25, 0.3) is 5.65 Å². The van der Waals surface area contributed by atoms with Gasteiger partial charge < -0.3 is 39.8 Å². The average Bonchev–Trinajstić information content (AvgIpc) is 3.41. The van der Waals surface area contributed by atoms with Gasteiger partial charge in [0.15, 0.2) is 5.69 Å². The summed E-state index contributed by atoms with van der Waals surface area (Å²) in [6, 6.07) is 16.3. The maximum Gasteiger partial charge on any atom is 0.315 e. The Morgan fingerprint density at radius 2 is 1.91 bits per heavy atom. The Morgan fingerprint density at radius 1 is 1.04 bits per heavy atom. The normalized spacial score (nSPS) is 18.9. The summed E-state index contributed by atoms with van der Waals surface area (Å²) < 4.78 is 39.6. The van der Waals surface area contributed by atoms with E-state index in [0.717, 1.165) is 5.56 Å². The van der Waals surface area contributed by atoms with Crippen molar-refractivity contribution < 1.29 is 37.7 Å². The number of rotatable bonds is 5. The summed E-state index contributed by atoms with van der Waals surface area (Å²) in [5, 5.41) is 8.49. The van der Waals surface area contributed by atoms with Crippen molar-refractivity contribution in [1.82, 2.24) is 30.2 Å². The fourth-order valence-electron chi connectivity index (χ4n) is 5.49. The number of halogens is 1. The van der Waals surface area contributed by atoms with Crippen molar-refractivity contribution in [2.24, 2.45) is 0 Å². The molecule has 6 rings (SSSR count). The third-order valence-corrected chi connectivity index (χ3v) is 7.83. The molecule has 1 saturated heterocycles. The van der Waals surface area contributed by atoms with Crippen LogP contribution in [0.1, 0.15) is 32.8 Å². The van der Waals surface area contributed by atoms with Gasteiger partial charge in [-0.05, 0) is 48.4 Å². The van der Waals surface area contributed by atoms with Gasteiger partial charge in [0, 0.05) is 51.1 Å². The molecule has 4 aromatic rings. The largest absolute Gasteiger partial charge is 0.491 e. The molecule has 0 spiro atoms. The quantitative estimate of drug-likeness (QED) is 0.281. The second-order valence-corrected chi connectivity index (χ2v) is 11.1. The SMILES string of the molecule is COCCOc1cc2cc(c1)C(=O)NCCNC(=O)N[C@H]1CCN(C(=O)c3nc4ccccn4c3F)C[C@@H]1OCc1cccc(c1)O2. The lowest BCUT2D eigenvalue weighted by Crippen LogP contribution is -2.58. The number of benzene rings is 2. The Labute approximate surface area is 269 Å². The minimum Gasteiger partial charge on any atom is -0.491 e. The Balaban J connectivity index is 1.23. The number of fused-ring (bicyclic) bond motifs is 6. The number of nitrogens with zero attached hydrogens (tertiary/aromatic N) is 3. The molecule has 47 heavy (non-hydrogen) atoms. The van der Waals surface area contributed by atoms with E-state index < -0.39 is 30.0 Å². The van der Waals surface area contributed by atoms with Gasteiger partial charge in [0.2, 0.25) is 5.95 Å². The highest BCUT2D eigenvalue weighted by atomic mass is 19.1. The maximum absolute atomic E-state index is 15.1. The van der Waals surface area contributed by atoms with E-state index in [4.69, 9.17) is 18.9 Å². The molecular weight excluding hydrogens is 611 g/mol. The number of methoxy groups -OCH3 is 1. The summed E-state index contributed by atoms with van der Waals surface area (Å²) in [4.78, 5) is 45.0. The number of ether oxygens (including phenoxy) is 4. The van der Waals surface area contributed by atoms with E-state index in [0.29, 0.717) is 41.5 Å². The minimum absolute atomic E-state index is 0.0992. The first-order chi connectivity index (χ1) is 22.9. The van der Waals surface area contributed by atoms with Gasteiger partial charge in [-0.2, -0.15) is 4.39 Å². The standard InChI is InChI=1S/C33H35FN6O7/c1-44-13-14-45-24-16-22-17-25(18-24)47-23-6-4-5-21(15-23)20-46-27-19-39(12-8-26(27)37-33(43)36-10-9-35-31(22)41)32(42)29-30(34)40-11-3-2-7-28(40)38-29/h2-7,11,15-18,26-27H,8-10,12-14,19-20H2,1H3,(H,35,41)(H2,36,37,43)/t26-,27-/m0/s1. The maximum atomic E-state index is 15.1. The lowest BCUT2D eigenvalue weighted by atomic mass is 10.0. The molecule has 2 aliphatic heterocycles. The van der Waals surface area contributed by atoms with Gasteiger partial charge >= 0.3 is 6.03 Å². The number of pyridine rings is 1. The number of amides is 4. The van der Waals surface area contributed by atoms with Crippen LogP contribution >= 0.6 is 0 Å². The minimum atomic E-state index is -0.737. The van der Waals surface area contributed by atoms with Crippen LogP contribution in [-0.4, -0.2) is 90.8 Å². The summed E-state index contributed by atoms with van der Waals surface area (Å²) in [6.07, 6.45) is 1.25. The second-order valence-electron chi connectivity index (χ2n) is 11.1. The van der Waals surface area contributed by atoms with Crippen LogP contribution in [-0.2, 0) is 16.1 Å². The molecule has 14 heteroatoms. The topological polar surface area (TPSA) is 145 Å². The van der Waals surface area contributed by atoms with Gasteiger partial charge in [-0.1, -0.05) is 18.2 Å². The molecule has 4 bridgehead atoms. The Kier molecular flexibility index (Phi) is 9.78. The molecule has 0 radical (unpaired) electrons. The van der Waals surface area contributed by atoms with Crippen LogP contribution < -0.4 is 25.4 Å². The molecule has 246 valence electrons. The van der Waals surface area contributed by atoms with Gasteiger partial charge in [-0.25, -0.2) is 9.78 Å². The van der Waals surface area contributed by atoms with E-state index in [1.165, 1.54) is 15.5 Å². The number of likely N-dealkylation sites (tertiary alicyclic amines) is 1. The number of hydrogen-bond donors (Lipinski definition) is 3. The van der Waals surface area contributed by atoms with Crippen LogP contribution in [0.5, 0.6) is 17.2 Å². The summed E-state index contributed by atoms with van der Waals surface area (Å²) in [7, 11) is 1.57. The van der Waals surface area contributed by atoms with Crippen LogP contribution in [0, 0.1) is 5.95 Å². The number of nitrogens with one attached hydrogen (secondary N) is 3. The zero-order chi connectivity index (χ0) is 32.8. The van der Waals surface area contributed by atoms with Crippen LogP contribution in [0.15, 0.2) is 66.9 Å². The van der Waals surface area contributed by atoms with Crippen LogP contribution in [0.4, 0.5) is 9.18 Å². The van der Waals surface area contributed by atoms with Crippen molar-refractivity contribution in [3.05, 3.63) is 89.6 Å². The highest BCUT2D eigenvalue weighted by Crippen LogP contribution is 2.29. The van der Waals surface area contributed by atoms with Crippen LogP contribution in [0.3, 0.4) is 0 Å². The van der Waals surface area contributed by atoms with E-state index in [2.05, 4.69) is 20.9 Å². The molecule has 0 aliphatic carbocycles. The monoisotopic (exact) mass is 646 g/mol.